The number of carboxylic acids is 1. The Morgan fingerprint density at radius 2 is 1.78 bits per heavy atom. The summed E-state index contributed by atoms with van der Waals surface area (Å²) in [6.45, 7) is 4.09. The number of aromatic carboxylic acids is 1. The van der Waals surface area contributed by atoms with Crippen molar-refractivity contribution in [2.75, 3.05) is 0 Å². The van der Waals surface area contributed by atoms with Crippen LogP contribution in [-0.2, 0) is 0 Å². The van der Waals surface area contributed by atoms with Crippen molar-refractivity contribution >= 4 is 17.6 Å². The lowest BCUT2D eigenvalue weighted by Crippen LogP contribution is -2.38. The second kappa shape index (κ2) is 8.46. The molecule has 1 saturated carbocycles. The second-order valence-corrected chi connectivity index (χ2v) is 8.01. The van der Waals surface area contributed by atoms with Gasteiger partial charge in [-0.3, -0.25) is 0 Å². The van der Waals surface area contributed by atoms with Gasteiger partial charge < -0.3 is 20.1 Å². The van der Waals surface area contributed by atoms with E-state index in [0.29, 0.717) is 10.6 Å². The van der Waals surface area contributed by atoms with E-state index in [9.17, 15) is 15.0 Å². The van der Waals surface area contributed by atoms with Crippen molar-refractivity contribution in [3.63, 3.8) is 0 Å². The number of rotatable bonds is 6. The molecule has 0 aliphatic heterocycles. The molecule has 1 fully saturated rings. The van der Waals surface area contributed by atoms with Crippen LogP contribution in [-0.4, -0.2) is 32.9 Å². The number of halogens is 1. The van der Waals surface area contributed by atoms with Crippen molar-refractivity contribution in [2.24, 2.45) is 0 Å². The quantitative estimate of drug-likeness (QED) is 0.683. The molecule has 0 saturated heterocycles. The van der Waals surface area contributed by atoms with Crippen molar-refractivity contribution in [3.8, 4) is 0 Å². The maximum atomic E-state index is 11.9. The first-order valence-electron chi connectivity index (χ1n) is 9.50. The van der Waals surface area contributed by atoms with Crippen LogP contribution in [0.4, 0.5) is 0 Å². The van der Waals surface area contributed by atoms with Crippen LogP contribution in [0.25, 0.3) is 0 Å². The van der Waals surface area contributed by atoms with Crippen LogP contribution in [0.2, 0.25) is 5.02 Å². The van der Waals surface area contributed by atoms with E-state index in [0.717, 1.165) is 36.9 Å². The van der Waals surface area contributed by atoms with Crippen molar-refractivity contribution < 1.29 is 15.0 Å². The molecule has 1 aromatic carbocycles. The molecule has 0 bridgehead atoms. The summed E-state index contributed by atoms with van der Waals surface area (Å²) in [5.41, 5.74) is 2.05. The molecular formula is C21H27ClN2O3. The fourth-order valence-corrected chi connectivity index (χ4v) is 3.99. The van der Waals surface area contributed by atoms with E-state index in [1.165, 1.54) is 0 Å². The minimum atomic E-state index is -0.927. The van der Waals surface area contributed by atoms with Gasteiger partial charge in [-0.05, 0) is 63.3 Å². The first-order chi connectivity index (χ1) is 12.9. The molecule has 5 nitrogen and oxygen atoms in total. The Balaban J connectivity index is 2.03. The third-order valence-electron chi connectivity index (χ3n) is 5.32. The molecule has 0 amide bonds. The average Bonchev–Trinajstić information content (AvgIpc) is 3.07. The molecule has 3 rings (SSSR count). The van der Waals surface area contributed by atoms with Crippen molar-refractivity contribution in [1.82, 2.24) is 9.88 Å². The van der Waals surface area contributed by atoms with Gasteiger partial charge in [-0.2, -0.15) is 0 Å². The minimum absolute atomic E-state index is 0.137. The lowest BCUT2D eigenvalue weighted by Gasteiger charge is -2.32. The Morgan fingerprint density at radius 3 is 2.33 bits per heavy atom. The van der Waals surface area contributed by atoms with Crippen LogP contribution < -0.4 is 5.32 Å². The lowest BCUT2D eigenvalue weighted by molar-refractivity contribution is 0.0694. The number of aliphatic hydroxyl groups excluding tert-OH is 1. The summed E-state index contributed by atoms with van der Waals surface area (Å²) in [7, 11) is 0. The van der Waals surface area contributed by atoms with Crippen LogP contribution in [0.5, 0.6) is 0 Å². The van der Waals surface area contributed by atoms with E-state index in [1.807, 2.05) is 48.9 Å². The number of benzene rings is 1. The highest BCUT2D eigenvalue weighted by Crippen LogP contribution is 2.32. The highest BCUT2D eigenvalue weighted by atomic mass is 35.5. The van der Waals surface area contributed by atoms with Gasteiger partial charge in [-0.25, -0.2) is 4.79 Å². The number of carboxylic acid groups (broad SMARTS) is 1. The Bertz CT molecular complexity index is 777. The molecule has 1 heterocycles. The van der Waals surface area contributed by atoms with Gasteiger partial charge in [-0.1, -0.05) is 23.7 Å². The van der Waals surface area contributed by atoms with Crippen molar-refractivity contribution in [3.05, 3.63) is 58.4 Å². The van der Waals surface area contributed by atoms with Gasteiger partial charge in [0, 0.05) is 23.3 Å². The van der Waals surface area contributed by atoms with Gasteiger partial charge in [0.05, 0.1) is 23.4 Å². The number of aliphatic hydroxyl groups is 1. The van der Waals surface area contributed by atoms with E-state index in [1.54, 1.807) is 6.07 Å². The molecule has 27 heavy (non-hydrogen) atoms. The molecule has 6 heteroatoms. The third kappa shape index (κ3) is 4.54. The van der Waals surface area contributed by atoms with Crippen LogP contribution in [0, 0.1) is 0 Å². The number of nitrogens with zero attached hydrogens (tertiary/aromatic N) is 1. The van der Waals surface area contributed by atoms with Gasteiger partial charge in [0.25, 0.3) is 0 Å². The molecule has 1 aliphatic carbocycles. The summed E-state index contributed by atoms with van der Waals surface area (Å²) < 4.78 is 2.02. The standard InChI is InChI=1S/C21H27ClN2O3/c1-13(2)24-12-11-18(21(26)27)20(24)19(14-3-5-15(22)6-4-14)23-16-7-9-17(25)10-8-16/h3-6,11-13,16-17,19,23,25H,7-10H2,1-2H3,(H,26,27). The van der Waals surface area contributed by atoms with Crippen LogP contribution >= 0.6 is 11.6 Å². The topological polar surface area (TPSA) is 74.5 Å². The summed E-state index contributed by atoms with van der Waals surface area (Å²) in [5, 5.41) is 23.9. The molecule has 146 valence electrons. The highest BCUT2D eigenvalue weighted by molar-refractivity contribution is 6.30. The zero-order chi connectivity index (χ0) is 19.6. The molecule has 1 atom stereocenters. The average molecular weight is 391 g/mol. The predicted molar refractivity (Wildman–Crippen MR) is 106 cm³/mol. The number of carbonyl (C=O) groups is 1. The van der Waals surface area contributed by atoms with E-state index < -0.39 is 5.97 Å². The maximum Gasteiger partial charge on any atom is 0.337 e. The van der Waals surface area contributed by atoms with Crippen LogP contribution in [0.3, 0.4) is 0 Å². The fourth-order valence-electron chi connectivity index (χ4n) is 3.86. The zero-order valence-corrected chi connectivity index (χ0v) is 16.5. The third-order valence-corrected chi connectivity index (χ3v) is 5.57. The predicted octanol–water partition coefficient (Wildman–Crippen LogP) is 4.40. The van der Waals surface area contributed by atoms with E-state index >= 15 is 0 Å². The number of nitrogens with one attached hydrogen (secondary N) is 1. The molecule has 3 N–H and O–H groups in total. The summed E-state index contributed by atoms with van der Waals surface area (Å²) >= 11 is 6.07. The van der Waals surface area contributed by atoms with Crippen LogP contribution in [0.1, 0.15) is 73.2 Å². The number of aromatic nitrogens is 1. The highest BCUT2D eigenvalue weighted by Gasteiger charge is 2.29. The Hall–Kier alpha value is -1.82. The molecule has 0 radical (unpaired) electrons. The molecule has 1 aromatic heterocycles. The Kier molecular flexibility index (Phi) is 6.25. The van der Waals surface area contributed by atoms with Crippen LogP contribution in [0.15, 0.2) is 36.5 Å². The summed E-state index contributed by atoms with van der Waals surface area (Å²) in [4.78, 5) is 11.9. The van der Waals surface area contributed by atoms with E-state index in [4.69, 9.17) is 11.6 Å². The van der Waals surface area contributed by atoms with Gasteiger partial charge in [0.15, 0.2) is 0 Å². The normalized spacial score (nSPS) is 21.4. The first-order valence-corrected chi connectivity index (χ1v) is 9.88. The Labute approximate surface area is 165 Å². The first kappa shape index (κ1) is 19.9. The molecule has 0 spiro atoms. The second-order valence-electron chi connectivity index (χ2n) is 7.58. The summed E-state index contributed by atoms with van der Waals surface area (Å²) in [6, 6.07) is 9.34. The summed E-state index contributed by atoms with van der Waals surface area (Å²) in [5.74, 6) is -0.927. The molecule has 1 unspecified atom stereocenters. The summed E-state index contributed by atoms with van der Waals surface area (Å²) in [6.07, 6.45) is 4.89. The van der Waals surface area contributed by atoms with Gasteiger partial charge in [0.2, 0.25) is 0 Å². The van der Waals surface area contributed by atoms with Gasteiger partial charge in [-0.15, -0.1) is 0 Å². The fraction of sp³-hybridized carbons (Fsp3) is 0.476. The zero-order valence-electron chi connectivity index (χ0n) is 15.7. The molecular weight excluding hydrogens is 364 g/mol. The SMILES string of the molecule is CC(C)n1ccc(C(=O)O)c1C(NC1CCC(O)CC1)c1ccc(Cl)cc1. The van der Waals surface area contributed by atoms with E-state index in [2.05, 4.69) is 5.32 Å². The van der Waals surface area contributed by atoms with Crippen molar-refractivity contribution in [2.45, 2.75) is 63.8 Å². The number of hydrogen-bond donors (Lipinski definition) is 3. The lowest BCUT2D eigenvalue weighted by atomic mass is 9.91. The monoisotopic (exact) mass is 390 g/mol. The Morgan fingerprint density at radius 1 is 1.15 bits per heavy atom. The molecule has 2 aromatic rings. The maximum absolute atomic E-state index is 11.9. The van der Waals surface area contributed by atoms with Gasteiger partial charge in [0.1, 0.15) is 0 Å². The largest absolute Gasteiger partial charge is 0.478 e. The van der Waals surface area contributed by atoms with E-state index in [-0.39, 0.29) is 24.2 Å². The van der Waals surface area contributed by atoms with Crippen molar-refractivity contribution in [1.29, 1.82) is 0 Å². The number of hydrogen-bond acceptors (Lipinski definition) is 3. The minimum Gasteiger partial charge on any atom is -0.478 e. The smallest absolute Gasteiger partial charge is 0.337 e. The van der Waals surface area contributed by atoms with Gasteiger partial charge >= 0.3 is 5.97 Å². The molecule has 1 aliphatic rings.